The number of piperidine rings is 1. The lowest BCUT2D eigenvalue weighted by Gasteiger charge is -2.30. The summed E-state index contributed by atoms with van der Waals surface area (Å²) in [6.07, 6.45) is 7.97. The Kier molecular flexibility index (Phi) is 6.09. The minimum atomic E-state index is 0.275. The molecule has 0 unspecified atom stereocenters. The van der Waals surface area contributed by atoms with Crippen LogP contribution in [0.3, 0.4) is 0 Å². The number of nitriles is 1. The predicted octanol–water partition coefficient (Wildman–Crippen LogP) is 1.90. The van der Waals surface area contributed by atoms with Crippen molar-refractivity contribution >= 4 is 0 Å². The lowest BCUT2D eigenvalue weighted by atomic mass is 9.88. The molecule has 0 atom stereocenters. The fourth-order valence-corrected chi connectivity index (χ4v) is 3.07. The van der Waals surface area contributed by atoms with Crippen LogP contribution < -0.4 is 5.73 Å². The Hall–Kier alpha value is -0.630. The van der Waals surface area contributed by atoms with Gasteiger partial charge in [-0.1, -0.05) is 0 Å². The topological polar surface area (TPSA) is 62.3 Å². The molecule has 108 valence electrons. The van der Waals surface area contributed by atoms with E-state index >= 15 is 0 Å². The van der Waals surface area contributed by atoms with Crippen LogP contribution in [0.4, 0.5) is 0 Å². The molecule has 4 heteroatoms. The molecule has 4 nitrogen and oxygen atoms in total. The van der Waals surface area contributed by atoms with E-state index in [2.05, 4.69) is 11.0 Å². The number of likely N-dealkylation sites (tertiary alicyclic amines) is 1. The first kappa shape index (κ1) is 14.8. The lowest BCUT2D eigenvalue weighted by molar-refractivity contribution is 0.0175. The normalized spacial score (nSPS) is 30.1. The molecule has 0 bridgehead atoms. The van der Waals surface area contributed by atoms with E-state index in [4.69, 9.17) is 15.7 Å². The Morgan fingerprint density at radius 2 is 1.79 bits per heavy atom. The van der Waals surface area contributed by atoms with Gasteiger partial charge < -0.3 is 15.4 Å². The molecule has 0 aromatic carbocycles. The third-order valence-electron chi connectivity index (χ3n) is 4.46. The molecule has 2 fully saturated rings. The fourth-order valence-electron chi connectivity index (χ4n) is 3.07. The summed E-state index contributed by atoms with van der Waals surface area (Å²) in [6, 6.07) is 2.79. The summed E-state index contributed by atoms with van der Waals surface area (Å²) in [7, 11) is 0. The summed E-state index contributed by atoms with van der Waals surface area (Å²) >= 11 is 0. The monoisotopic (exact) mass is 265 g/mol. The van der Waals surface area contributed by atoms with E-state index in [9.17, 15) is 0 Å². The second-order valence-corrected chi connectivity index (χ2v) is 6.01. The average Bonchev–Trinajstić information content (AvgIpc) is 2.46. The Morgan fingerprint density at radius 1 is 1.11 bits per heavy atom. The molecule has 0 spiro atoms. The van der Waals surface area contributed by atoms with Gasteiger partial charge in [0.25, 0.3) is 0 Å². The van der Waals surface area contributed by atoms with Crippen molar-refractivity contribution in [2.45, 2.75) is 57.1 Å². The SMILES string of the molecule is N#CC1CCC(OCCCN2CCC(N)CC2)CC1. The lowest BCUT2D eigenvalue weighted by Crippen LogP contribution is -2.40. The van der Waals surface area contributed by atoms with Crippen LogP contribution in [0.1, 0.15) is 44.9 Å². The first-order chi connectivity index (χ1) is 9.28. The average molecular weight is 265 g/mol. The quantitative estimate of drug-likeness (QED) is 0.771. The maximum Gasteiger partial charge on any atom is 0.0655 e. The van der Waals surface area contributed by atoms with Crippen LogP contribution in [0.5, 0.6) is 0 Å². The summed E-state index contributed by atoms with van der Waals surface area (Å²) < 4.78 is 5.93. The van der Waals surface area contributed by atoms with Crippen molar-refractivity contribution in [1.29, 1.82) is 5.26 Å². The van der Waals surface area contributed by atoms with E-state index in [1.54, 1.807) is 0 Å². The molecule has 0 amide bonds. The van der Waals surface area contributed by atoms with Crippen molar-refractivity contribution < 1.29 is 4.74 Å². The minimum absolute atomic E-state index is 0.275. The summed E-state index contributed by atoms with van der Waals surface area (Å²) in [5.74, 6) is 0.275. The first-order valence-corrected chi connectivity index (χ1v) is 7.77. The highest BCUT2D eigenvalue weighted by atomic mass is 16.5. The molecule has 2 rings (SSSR count). The summed E-state index contributed by atoms with van der Waals surface area (Å²) in [6.45, 7) is 4.30. The molecule has 1 saturated heterocycles. The van der Waals surface area contributed by atoms with Crippen LogP contribution in [0.15, 0.2) is 0 Å². The molecule has 0 aromatic rings. The van der Waals surface area contributed by atoms with E-state index in [0.29, 0.717) is 12.1 Å². The molecule has 1 aliphatic carbocycles. The Balaban J connectivity index is 1.49. The third-order valence-corrected chi connectivity index (χ3v) is 4.46. The predicted molar refractivity (Wildman–Crippen MR) is 75.6 cm³/mol. The third kappa shape index (κ3) is 5.10. The van der Waals surface area contributed by atoms with Gasteiger partial charge in [-0.05, 0) is 58.0 Å². The highest BCUT2D eigenvalue weighted by Gasteiger charge is 2.21. The zero-order valence-corrected chi connectivity index (χ0v) is 11.9. The van der Waals surface area contributed by atoms with Crippen molar-refractivity contribution in [3.63, 3.8) is 0 Å². The molecule has 0 aromatic heterocycles. The van der Waals surface area contributed by atoms with Gasteiger partial charge in [-0.25, -0.2) is 0 Å². The molecule has 2 aliphatic rings. The van der Waals surface area contributed by atoms with Gasteiger partial charge in [-0.15, -0.1) is 0 Å². The number of nitrogens with two attached hydrogens (primary N) is 1. The molecule has 2 N–H and O–H groups in total. The van der Waals surface area contributed by atoms with Crippen molar-refractivity contribution in [2.24, 2.45) is 11.7 Å². The smallest absolute Gasteiger partial charge is 0.0655 e. The maximum atomic E-state index is 8.85. The number of ether oxygens (including phenoxy) is 1. The highest BCUT2D eigenvalue weighted by molar-refractivity contribution is 4.87. The van der Waals surface area contributed by atoms with Crippen LogP contribution in [-0.2, 0) is 4.74 Å². The van der Waals surface area contributed by atoms with Gasteiger partial charge in [-0.2, -0.15) is 5.26 Å². The van der Waals surface area contributed by atoms with Crippen molar-refractivity contribution in [3.05, 3.63) is 0 Å². The molecule has 1 heterocycles. The van der Waals surface area contributed by atoms with Crippen LogP contribution in [0.2, 0.25) is 0 Å². The molecular formula is C15H27N3O. The molecule has 1 aliphatic heterocycles. The number of rotatable bonds is 5. The van der Waals surface area contributed by atoms with Crippen molar-refractivity contribution in [2.75, 3.05) is 26.2 Å². The van der Waals surface area contributed by atoms with Crippen LogP contribution in [0.25, 0.3) is 0 Å². The standard InChI is InChI=1S/C15H27N3O/c16-12-13-2-4-15(5-3-13)19-11-1-8-18-9-6-14(17)7-10-18/h13-15H,1-11,17H2. The Bertz CT molecular complexity index is 286. The van der Waals surface area contributed by atoms with Crippen LogP contribution >= 0.6 is 0 Å². The van der Waals surface area contributed by atoms with Gasteiger partial charge in [0.05, 0.1) is 12.2 Å². The molecular weight excluding hydrogens is 238 g/mol. The highest BCUT2D eigenvalue weighted by Crippen LogP contribution is 2.25. The van der Waals surface area contributed by atoms with Gasteiger partial charge in [0, 0.05) is 25.1 Å². The second-order valence-electron chi connectivity index (χ2n) is 6.01. The summed E-state index contributed by atoms with van der Waals surface area (Å²) in [5, 5.41) is 8.85. The fraction of sp³-hybridized carbons (Fsp3) is 0.933. The number of hydrogen-bond donors (Lipinski definition) is 1. The Labute approximate surface area is 116 Å². The maximum absolute atomic E-state index is 8.85. The van der Waals surface area contributed by atoms with Crippen LogP contribution in [-0.4, -0.2) is 43.3 Å². The first-order valence-electron chi connectivity index (χ1n) is 7.77. The minimum Gasteiger partial charge on any atom is -0.378 e. The Morgan fingerprint density at radius 3 is 2.42 bits per heavy atom. The number of nitrogens with zero attached hydrogens (tertiary/aromatic N) is 2. The van der Waals surface area contributed by atoms with Gasteiger partial charge >= 0.3 is 0 Å². The van der Waals surface area contributed by atoms with Gasteiger partial charge in [-0.3, -0.25) is 0 Å². The molecule has 19 heavy (non-hydrogen) atoms. The van der Waals surface area contributed by atoms with Gasteiger partial charge in [0.1, 0.15) is 0 Å². The van der Waals surface area contributed by atoms with E-state index in [1.165, 1.54) is 0 Å². The van der Waals surface area contributed by atoms with Crippen LogP contribution in [0, 0.1) is 17.2 Å². The molecule has 1 saturated carbocycles. The van der Waals surface area contributed by atoms with E-state index in [0.717, 1.165) is 71.2 Å². The van der Waals surface area contributed by atoms with Gasteiger partial charge in [0.2, 0.25) is 0 Å². The zero-order chi connectivity index (χ0) is 13.5. The summed E-state index contributed by atoms with van der Waals surface area (Å²) in [4.78, 5) is 2.50. The van der Waals surface area contributed by atoms with E-state index < -0.39 is 0 Å². The summed E-state index contributed by atoms with van der Waals surface area (Å²) in [5.41, 5.74) is 5.90. The zero-order valence-electron chi connectivity index (χ0n) is 11.9. The van der Waals surface area contributed by atoms with E-state index in [-0.39, 0.29) is 5.92 Å². The van der Waals surface area contributed by atoms with E-state index in [1.807, 2.05) is 0 Å². The second kappa shape index (κ2) is 7.84. The largest absolute Gasteiger partial charge is 0.378 e. The van der Waals surface area contributed by atoms with Crippen molar-refractivity contribution in [1.82, 2.24) is 4.90 Å². The van der Waals surface area contributed by atoms with Gasteiger partial charge in [0.15, 0.2) is 0 Å². The van der Waals surface area contributed by atoms with Crippen molar-refractivity contribution in [3.8, 4) is 6.07 Å². The number of hydrogen-bond acceptors (Lipinski definition) is 4. The molecule has 0 radical (unpaired) electrons.